The lowest BCUT2D eigenvalue weighted by Crippen LogP contribution is -2.16. The number of hydrogen-bond donors (Lipinski definition) is 0. The molecule has 1 aromatic carbocycles. The highest BCUT2D eigenvalue weighted by molar-refractivity contribution is 5.59. The molecule has 1 unspecified atom stereocenters. The monoisotopic (exact) mass is 218 g/mol. The summed E-state index contributed by atoms with van der Waals surface area (Å²) in [6.07, 6.45) is 4.49. The highest BCUT2D eigenvalue weighted by Gasteiger charge is 2.18. The van der Waals surface area contributed by atoms with Crippen molar-refractivity contribution in [1.82, 2.24) is 0 Å². The van der Waals surface area contributed by atoms with E-state index in [9.17, 15) is 0 Å². The van der Waals surface area contributed by atoms with E-state index >= 15 is 0 Å². The van der Waals surface area contributed by atoms with Gasteiger partial charge >= 0.3 is 0 Å². The van der Waals surface area contributed by atoms with Crippen molar-refractivity contribution in [2.75, 3.05) is 20.8 Å². The summed E-state index contributed by atoms with van der Waals surface area (Å²) in [6, 6.07) is 8.51. The van der Waals surface area contributed by atoms with E-state index in [1.807, 2.05) is 0 Å². The maximum atomic E-state index is 5.52. The Morgan fingerprint density at radius 2 is 2.06 bits per heavy atom. The molecule has 0 fully saturated rings. The molecule has 1 atom stereocenters. The van der Waals surface area contributed by atoms with Crippen LogP contribution < -0.4 is 0 Å². The molecule has 0 heterocycles. The van der Waals surface area contributed by atoms with E-state index in [1.54, 1.807) is 14.2 Å². The normalized spacial score (nSPS) is 19.9. The first-order valence-electron chi connectivity index (χ1n) is 5.65. The zero-order chi connectivity index (χ0) is 11.4. The van der Waals surface area contributed by atoms with Crippen LogP contribution in [-0.2, 0) is 15.9 Å². The van der Waals surface area contributed by atoms with Crippen molar-refractivity contribution in [3.8, 4) is 0 Å². The third-order valence-corrected chi connectivity index (χ3v) is 3.08. The summed E-state index contributed by atoms with van der Waals surface area (Å²) in [5.41, 5.74) is 3.93. The van der Waals surface area contributed by atoms with E-state index < -0.39 is 0 Å². The highest BCUT2D eigenvalue weighted by Crippen LogP contribution is 2.24. The van der Waals surface area contributed by atoms with Gasteiger partial charge in [0.25, 0.3) is 0 Å². The van der Waals surface area contributed by atoms with Crippen LogP contribution in [0, 0.1) is 0 Å². The van der Waals surface area contributed by atoms with Gasteiger partial charge in [-0.2, -0.15) is 0 Å². The lowest BCUT2D eigenvalue weighted by molar-refractivity contribution is 0.107. The number of fused-ring (bicyclic) bond motifs is 1. The number of benzene rings is 1. The Morgan fingerprint density at radius 1 is 1.25 bits per heavy atom. The Hall–Kier alpha value is -1.12. The number of ether oxygens (including phenoxy) is 2. The van der Waals surface area contributed by atoms with Crippen LogP contribution >= 0.6 is 0 Å². The third kappa shape index (κ3) is 2.34. The summed E-state index contributed by atoms with van der Waals surface area (Å²) < 4.78 is 10.8. The van der Waals surface area contributed by atoms with Gasteiger partial charge in [0.2, 0.25) is 0 Å². The van der Waals surface area contributed by atoms with Gasteiger partial charge in [0, 0.05) is 14.2 Å². The fourth-order valence-electron chi connectivity index (χ4n) is 2.24. The Balaban J connectivity index is 2.34. The zero-order valence-corrected chi connectivity index (χ0v) is 9.90. The van der Waals surface area contributed by atoms with E-state index in [0.29, 0.717) is 6.61 Å². The molecule has 0 aromatic heterocycles. The van der Waals surface area contributed by atoms with Gasteiger partial charge in [-0.1, -0.05) is 30.3 Å². The minimum Gasteiger partial charge on any atom is -0.380 e. The Morgan fingerprint density at radius 3 is 2.81 bits per heavy atom. The molecule has 2 nitrogen and oxygen atoms in total. The fraction of sp³-hybridized carbons (Fsp3) is 0.429. The van der Waals surface area contributed by atoms with Crippen LogP contribution in [0.15, 0.2) is 29.8 Å². The minimum atomic E-state index is 0.187. The molecule has 0 bridgehead atoms. The highest BCUT2D eigenvalue weighted by atomic mass is 16.5. The Labute approximate surface area is 96.9 Å². The van der Waals surface area contributed by atoms with Gasteiger partial charge in [0.05, 0.1) is 12.7 Å². The molecule has 0 amide bonds. The molecular formula is C14H18O2. The van der Waals surface area contributed by atoms with Gasteiger partial charge in [-0.25, -0.2) is 0 Å². The van der Waals surface area contributed by atoms with Crippen LogP contribution in [0.1, 0.15) is 17.5 Å². The summed E-state index contributed by atoms with van der Waals surface area (Å²) in [6.45, 7) is 0.646. The van der Waals surface area contributed by atoms with E-state index in [4.69, 9.17) is 9.47 Å². The molecule has 16 heavy (non-hydrogen) atoms. The SMILES string of the molecule is COCC1=Cc2ccccc2CCC1OC. The number of methoxy groups -OCH3 is 2. The molecule has 2 rings (SSSR count). The molecule has 1 aromatic rings. The molecule has 0 radical (unpaired) electrons. The maximum Gasteiger partial charge on any atom is 0.0809 e. The second-order valence-corrected chi connectivity index (χ2v) is 4.11. The summed E-state index contributed by atoms with van der Waals surface area (Å²) >= 11 is 0. The van der Waals surface area contributed by atoms with E-state index in [0.717, 1.165) is 12.8 Å². The molecule has 86 valence electrons. The van der Waals surface area contributed by atoms with E-state index in [-0.39, 0.29) is 6.10 Å². The quantitative estimate of drug-likeness (QED) is 0.776. The molecule has 0 aliphatic heterocycles. The van der Waals surface area contributed by atoms with Crippen molar-refractivity contribution in [2.24, 2.45) is 0 Å². The molecule has 1 aliphatic rings. The number of hydrogen-bond acceptors (Lipinski definition) is 2. The van der Waals surface area contributed by atoms with Crippen molar-refractivity contribution >= 4 is 6.08 Å². The van der Waals surface area contributed by atoms with Gasteiger partial charge in [0.15, 0.2) is 0 Å². The second-order valence-electron chi connectivity index (χ2n) is 4.11. The van der Waals surface area contributed by atoms with E-state index in [2.05, 4.69) is 30.3 Å². The van der Waals surface area contributed by atoms with Gasteiger partial charge in [-0.15, -0.1) is 0 Å². The largest absolute Gasteiger partial charge is 0.380 e. The van der Waals surface area contributed by atoms with Crippen molar-refractivity contribution in [3.63, 3.8) is 0 Å². The van der Waals surface area contributed by atoms with Crippen molar-refractivity contribution in [1.29, 1.82) is 0 Å². The van der Waals surface area contributed by atoms with Crippen LogP contribution in [0.3, 0.4) is 0 Å². The summed E-state index contributed by atoms with van der Waals surface area (Å²) in [5, 5.41) is 0. The second kappa shape index (κ2) is 5.28. The van der Waals surface area contributed by atoms with Crippen molar-refractivity contribution in [3.05, 3.63) is 41.0 Å². The van der Waals surface area contributed by atoms with Gasteiger partial charge < -0.3 is 9.47 Å². The molecule has 0 N–H and O–H groups in total. The van der Waals surface area contributed by atoms with Crippen molar-refractivity contribution < 1.29 is 9.47 Å². The van der Waals surface area contributed by atoms with Gasteiger partial charge in [0.1, 0.15) is 0 Å². The zero-order valence-electron chi connectivity index (χ0n) is 9.90. The van der Waals surface area contributed by atoms with Crippen LogP contribution in [0.2, 0.25) is 0 Å². The maximum absolute atomic E-state index is 5.52. The summed E-state index contributed by atoms with van der Waals surface area (Å²) in [4.78, 5) is 0. The average molecular weight is 218 g/mol. The number of rotatable bonds is 3. The Kier molecular flexibility index (Phi) is 3.75. The standard InChI is InChI=1S/C14H18O2/c1-15-10-13-9-12-6-4-3-5-11(12)7-8-14(13)16-2/h3-6,9,14H,7-8,10H2,1-2H3. The average Bonchev–Trinajstić information content (AvgIpc) is 2.48. The van der Waals surface area contributed by atoms with Gasteiger partial charge in [-0.05, 0) is 29.5 Å². The predicted molar refractivity (Wildman–Crippen MR) is 65.4 cm³/mol. The number of aryl methyl sites for hydroxylation is 1. The first-order valence-corrected chi connectivity index (χ1v) is 5.65. The van der Waals surface area contributed by atoms with Crippen LogP contribution in [0.5, 0.6) is 0 Å². The third-order valence-electron chi connectivity index (χ3n) is 3.08. The molecule has 0 saturated carbocycles. The molecule has 0 saturated heterocycles. The lowest BCUT2D eigenvalue weighted by Gasteiger charge is -2.16. The molecular weight excluding hydrogens is 200 g/mol. The smallest absolute Gasteiger partial charge is 0.0809 e. The first kappa shape index (κ1) is 11.4. The van der Waals surface area contributed by atoms with Crippen LogP contribution in [0.25, 0.3) is 6.08 Å². The molecule has 2 heteroatoms. The minimum absolute atomic E-state index is 0.187. The molecule has 1 aliphatic carbocycles. The summed E-state index contributed by atoms with van der Waals surface area (Å²) in [7, 11) is 3.49. The van der Waals surface area contributed by atoms with Crippen LogP contribution in [0.4, 0.5) is 0 Å². The van der Waals surface area contributed by atoms with E-state index in [1.165, 1.54) is 16.7 Å². The molecule has 0 spiro atoms. The lowest BCUT2D eigenvalue weighted by atomic mass is 10.0. The van der Waals surface area contributed by atoms with Gasteiger partial charge in [-0.3, -0.25) is 0 Å². The fourth-order valence-corrected chi connectivity index (χ4v) is 2.24. The summed E-state index contributed by atoms with van der Waals surface area (Å²) in [5.74, 6) is 0. The van der Waals surface area contributed by atoms with Crippen molar-refractivity contribution in [2.45, 2.75) is 18.9 Å². The topological polar surface area (TPSA) is 18.5 Å². The Bertz CT molecular complexity index is 382. The van der Waals surface area contributed by atoms with Crippen LogP contribution in [-0.4, -0.2) is 26.9 Å². The first-order chi connectivity index (χ1) is 7.85. The predicted octanol–water partition coefficient (Wildman–Crippen LogP) is 2.68.